The third-order valence-electron chi connectivity index (χ3n) is 3.11. The Morgan fingerprint density at radius 3 is 2.64 bits per heavy atom. The second kappa shape index (κ2) is 7.27. The molecule has 0 saturated carbocycles. The lowest BCUT2D eigenvalue weighted by molar-refractivity contribution is -0.0498. The summed E-state index contributed by atoms with van der Waals surface area (Å²) in [4.78, 5) is 26.5. The van der Waals surface area contributed by atoms with E-state index in [9.17, 15) is 18.4 Å². The highest BCUT2D eigenvalue weighted by atomic mass is 32.1. The van der Waals surface area contributed by atoms with Crippen LogP contribution in [0.25, 0.3) is 12.2 Å². The van der Waals surface area contributed by atoms with Gasteiger partial charge in [-0.2, -0.15) is 8.78 Å². The van der Waals surface area contributed by atoms with Crippen molar-refractivity contribution in [1.82, 2.24) is 4.98 Å². The number of alkyl halides is 2. The molecule has 5 nitrogen and oxygen atoms in total. The third-order valence-corrected chi connectivity index (χ3v) is 4.07. The largest absolute Gasteiger partial charge is 0.461 e. The second-order valence-corrected chi connectivity index (χ2v) is 5.95. The summed E-state index contributed by atoms with van der Waals surface area (Å²) in [6.07, 6.45) is 4.25. The van der Waals surface area contributed by atoms with E-state index in [0.29, 0.717) is 14.8 Å². The summed E-state index contributed by atoms with van der Waals surface area (Å²) in [5.41, 5.74) is 0.286. The molecule has 0 radical (unpaired) electrons. The first-order chi connectivity index (χ1) is 12.0. The number of furan rings is 1. The van der Waals surface area contributed by atoms with E-state index >= 15 is 0 Å². The van der Waals surface area contributed by atoms with Gasteiger partial charge in [-0.05, 0) is 35.9 Å². The topological polar surface area (TPSA) is 72.3 Å². The fourth-order valence-electron chi connectivity index (χ4n) is 2.03. The number of ketones is 1. The summed E-state index contributed by atoms with van der Waals surface area (Å²) in [5.74, 6) is -0.151. The molecule has 128 valence electrons. The van der Waals surface area contributed by atoms with Crippen molar-refractivity contribution in [3.05, 3.63) is 73.5 Å². The maximum Gasteiger partial charge on any atom is 0.387 e. The van der Waals surface area contributed by atoms with Gasteiger partial charge < -0.3 is 14.1 Å². The quantitative estimate of drug-likeness (QED) is 0.705. The molecule has 0 aliphatic rings. The van der Waals surface area contributed by atoms with Gasteiger partial charge in [0.1, 0.15) is 5.75 Å². The number of benzene rings is 1. The predicted molar refractivity (Wildman–Crippen MR) is 88.3 cm³/mol. The van der Waals surface area contributed by atoms with Gasteiger partial charge in [-0.25, -0.2) is 0 Å². The van der Waals surface area contributed by atoms with Crippen molar-refractivity contribution in [2.45, 2.75) is 6.61 Å². The average Bonchev–Trinajstić information content (AvgIpc) is 3.19. The summed E-state index contributed by atoms with van der Waals surface area (Å²) in [6.45, 7) is -2.89. The van der Waals surface area contributed by atoms with Crippen LogP contribution >= 0.6 is 11.3 Å². The van der Waals surface area contributed by atoms with Crippen molar-refractivity contribution in [3.8, 4) is 5.75 Å². The predicted octanol–water partition coefficient (Wildman–Crippen LogP) is 2.12. The Hall–Kier alpha value is -3.00. The Kier molecular flexibility index (Phi) is 4.90. The van der Waals surface area contributed by atoms with Crippen molar-refractivity contribution in [3.63, 3.8) is 0 Å². The smallest absolute Gasteiger partial charge is 0.387 e. The first-order valence-corrected chi connectivity index (χ1v) is 7.88. The Labute approximate surface area is 143 Å². The molecular formula is C17H11F2NO4S. The summed E-state index contributed by atoms with van der Waals surface area (Å²) < 4.78 is 34.3. The number of H-pyrrole nitrogens is 1. The number of carbonyl (C=O) groups is 1. The average molecular weight is 363 g/mol. The molecule has 0 fully saturated rings. The van der Waals surface area contributed by atoms with Gasteiger partial charge in [-0.1, -0.05) is 12.1 Å². The van der Waals surface area contributed by atoms with E-state index in [1.807, 2.05) is 0 Å². The summed E-state index contributed by atoms with van der Waals surface area (Å²) in [5, 5.41) is 0. The number of Topliss-reactive ketones (excluding diaryl/α,β-unsaturated/α-hetero) is 1. The summed E-state index contributed by atoms with van der Waals surface area (Å²) in [6, 6.07) is 8.99. The molecule has 3 aromatic rings. The molecule has 1 aromatic carbocycles. The number of carbonyl (C=O) groups excluding carboxylic acids is 1. The number of thiazole rings is 1. The van der Waals surface area contributed by atoms with Crippen LogP contribution in [0, 0.1) is 0 Å². The Balaban J connectivity index is 1.88. The number of nitrogens with one attached hydrogen (secondary N) is 1. The van der Waals surface area contributed by atoms with Crippen LogP contribution in [0.5, 0.6) is 5.75 Å². The maximum atomic E-state index is 12.1. The molecule has 1 N–H and O–H groups in total. The molecule has 25 heavy (non-hydrogen) atoms. The molecule has 0 aliphatic heterocycles. The zero-order valence-electron chi connectivity index (χ0n) is 12.6. The first-order valence-electron chi connectivity index (χ1n) is 7.06. The molecule has 0 bridgehead atoms. The van der Waals surface area contributed by atoms with E-state index < -0.39 is 6.61 Å². The van der Waals surface area contributed by atoms with E-state index in [-0.39, 0.29) is 22.9 Å². The number of ether oxygens (including phenoxy) is 1. The Morgan fingerprint density at radius 1 is 1.24 bits per heavy atom. The normalized spacial score (nSPS) is 12.8. The van der Waals surface area contributed by atoms with Gasteiger partial charge in [0.2, 0.25) is 5.78 Å². The molecule has 2 aromatic heterocycles. The standard InChI is InChI=1S/C17H11F2NO4S/c18-17(19)24-11-5-3-10(4-6-11)8-14-16(22)20-15(25-14)9-12(21)13-2-1-7-23-13/h1-9,17H,(H,20,22)/b14-8-,15-9-. The van der Waals surface area contributed by atoms with Crippen LogP contribution in [0.4, 0.5) is 8.78 Å². The number of hydrogen-bond donors (Lipinski definition) is 1. The number of halogens is 2. The fourth-order valence-corrected chi connectivity index (χ4v) is 2.92. The molecule has 2 heterocycles. The maximum absolute atomic E-state index is 12.1. The van der Waals surface area contributed by atoms with Crippen molar-refractivity contribution >= 4 is 29.3 Å². The molecule has 3 rings (SSSR count). The van der Waals surface area contributed by atoms with E-state index in [2.05, 4.69) is 9.72 Å². The van der Waals surface area contributed by atoms with Crippen molar-refractivity contribution in [1.29, 1.82) is 0 Å². The zero-order valence-corrected chi connectivity index (χ0v) is 13.4. The van der Waals surface area contributed by atoms with Crippen LogP contribution in [0.1, 0.15) is 16.1 Å². The summed E-state index contributed by atoms with van der Waals surface area (Å²) >= 11 is 1.10. The molecule has 0 unspecified atom stereocenters. The third kappa shape index (κ3) is 4.30. The van der Waals surface area contributed by atoms with Gasteiger partial charge >= 0.3 is 6.61 Å². The van der Waals surface area contributed by atoms with Crippen LogP contribution in [0.3, 0.4) is 0 Å². The van der Waals surface area contributed by atoms with Crippen LogP contribution in [-0.2, 0) is 0 Å². The van der Waals surface area contributed by atoms with E-state index in [1.165, 1.54) is 30.5 Å². The first kappa shape index (κ1) is 16.8. The monoisotopic (exact) mass is 363 g/mol. The van der Waals surface area contributed by atoms with Crippen LogP contribution in [0.15, 0.2) is 51.9 Å². The van der Waals surface area contributed by atoms with Crippen LogP contribution < -0.4 is 19.5 Å². The number of aromatic amines is 1. The molecular weight excluding hydrogens is 352 g/mol. The Morgan fingerprint density at radius 2 is 2.00 bits per heavy atom. The van der Waals surface area contributed by atoms with Crippen molar-refractivity contribution in [2.24, 2.45) is 0 Å². The lowest BCUT2D eigenvalue weighted by Gasteiger charge is -2.03. The molecule has 0 saturated heterocycles. The van der Waals surface area contributed by atoms with Gasteiger partial charge in [0.15, 0.2) is 5.76 Å². The second-order valence-electron chi connectivity index (χ2n) is 4.86. The summed E-state index contributed by atoms with van der Waals surface area (Å²) in [7, 11) is 0. The van der Waals surface area contributed by atoms with Crippen LogP contribution in [0.2, 0.25) is 0 Å². The highest BCUT2D eigenvalue weighted by Crippen LogP contribution is 2.15. The molecule has 8 heteroatoms. The highest BCUT2D eigenvalue weighted by Gasteiger charge is 2.06. The molecule has 0 aliphatic carbocycles. The lowest BCUT2D eigenvalue weighted by Crippen LogP contribution is -2.19. The highest BCUT2D eigenvalue weighted by molar-refractivity contribution is 7.07. The van der Waals surface area contributed by atoms with Crippen molar-refractivity contribution in [2.75, 3.05) is 0 Å². The fraction of sp³-hybridized carbons (Fsp3) is 0.0588. The van der Waals surface area contributed by atoms with Gasteiger partial charge in [0.05, 0.1) is 15.5 Å². The van der Waals surface area contributed by atoms with E-state index in [4.69, 9.17) is 4.42 Å². The molecule has 0 amide bonds. The minimum Gasteiger partial charge on any atom is -0.461 e. The minimum atomic E-state index is -2.89. The van der Waals surface area contributed by atoms with E-state index in [0.717, 1.165) is 11.3 Å². The lowest BCUT2D eigenvalue weighted by atomic mass is 10.2. The number of rotatable bonds is 5. The SMILES string of the molecule is O=C(/C=c1/[nH]c(=O)/c(=C/c2ccc(OC(F)F)cc2)s1)c1ccco1. The van der Waals surface area contributed by atoms with Gasteiger partial charge in [0, 0.05) is 6.08 Å². The van der Waals surface area contributed by atoms with Gasteiger partial charge in [0.25, 0.3) is 5.56 Å². The molecule has 0 spiro atoms. The minimum absolute atomic E-state index is 0.0327. The number of aromatic nitrogens is 1. The number of hydrogen-bond acceptors (Lipinski definition) is 5. The van der Waals surface area contributed by atoms with Crippen molar-refractivity contribution < 1.29 is 22.7 Å². The van der Waals surface area contributed by atoms with Gasteiger partial charge in [-0.3, -0.25) is 9.59 Å². The Bertz CT molecular complexity index is 1030. The van der Waals surface area contributed by atoms with Crippen LogP contribution in [-0.4, -0.2) is 17.4 Å². The molecule has 0 atom stereocenters. The zero-order chi connectivity index (χ0) is 17.8. The van der Waals surface area contributed by atoms with E-state index in [1.54, 1.807) is 24.3 Å². The van der Waals surface area contributed by atoms with Gasteiger partial charge in [-0.15, -0.1) is 11.3 Å².